The number of nitrogens with two attached hydrogens (primary N) is 1. The summed E-state index contributed by atoms with van der Waals surface area (Å²) in [7, 11) is 0. The molecule has 0 bridgehead atoms. The number of hydrogen-bond donors (Lipinski definition) is 1. The van der Waals surface area contributed by atoms with Crippen LogP contribution in [0.2, 0.25) is 0 Å². The maximum absolute atomic E-state index is 11.0. The zero-order chi connectivity index (χ0) is 9.07. The molecular weight excluding hydrogens is 146 g/mol. The van der Waals surface area contributed by atoms with Crippen molar-refractivity contribution in [2.45, 2.75) is 39.4 Å². The van der Waals surface area contributed by atoms with Gasteiger partial charge in [0.1, 0.15) is 5.60 Å². The fraction of sp³-hybridized carbons (Fsp3) is 0.857. The third-order valence-electron chi connectivity index (χ3n) is 0.943. The van der Waals surface area contributed by atoms with Crippen LogP contribution < -0.4 is 5.90 Å². The van der Waals surface area contributed by atoms with E-state index in [0.717, 1.165) is 0 Å². The van der Waals surface area contributed by atoms with E-state index in [1.54, 1.807) is 20.8 Å². The van der Waals surface area contributed by atoms with Crippen LogP contribution >= 0.6 is 0 Å². The van der Waals surface area contributed by atoms with Crippen LogP contribution in [0, 0.1) is 0 Å². The van der Waals surface area contributed by atoms with E-state index < -0.39 is 17.7 Å². The van der Waals surface area contributed by atoms with Crippen molar-refractivity contribution >= 4 is 5.97 Å². The Balaban J connectivity index is 3.88. The van der Waals surface area contributed by atoms with Crippen molar-refractivity contribution in [3.05, 3.63) is 0 Å². The molecule has 1 unspecified atom stereocenters. The van der Waals surface area contributed by atoms with Crippen molar-refractivity contribution in [1.29, 1.82) is 0 Å². The minimum absolute atomic E-state index is 0.444. The number of esters is 1. The molecule has 0 aliphatic rings. The van der Waals surface area contributed by atoms with Gasteiger partial charge in [-0.15, -0.1) is 0 Å². The van der Waals surface area contributed by atoms with E-state index >= 15 is 0 Å². The van der Waals surface area contributed by atoms with Gasteiger partial charge in [-0.05, 0) is 27.7 Å². The Kier molecular flexibility index (Phi) is 3.48. The van der Waals surface area contributed by atoms with E-state index in [4.69, 9.17) is 10.6 Å². The van der Waals surface area contributed by atoms with Gasteiger partial charge in [0.25, 0.3) is 0 Å². The summed E-state index contributed by atoms with van der Waals surface area (Å²) >= 11 is 0. The highest BCUT2D eigenvalue weighted by molar-refractivity contribution is 5.74. The lowest BCUT2D eigenvalue weighted by molar-refractivity contribution is -0.167. The highest BCUT2D eigenvalue weighted by Crippen LogP contribution is 2.08. The molecule has 2 N–H and O–H groups in total. The summed E-state index contributed by atoms with van der Waals surface area (Å²) in [5, 5.41) is 0. The highest BCUT2D eigenvalue weighted by atomic mass is 16.7. The fourth-order valence-corrected chi connectivity index (χ4v) is 0.440. The molecule has 0 saturated heterocycles. The minimum Gasteiger partial charge on any atom is -0.458 e. The zero-order valence-electron chi connectivity index (χ0n) is 7.38. The van der Waals surface area contributed by atoms with Crippen LogP contribution in [0.3, 0.4) is 0 Å². The van der Waals surface area contributed by atoms with Gasteiger partial charge in [-0.2, -0.15) is 0 Å². The van der Waals surface area contributed by atoms with Crippen molar-refractivity contribution in [1.82, 2.24) is 0 Å². The first-order valence-corrected chi connectivity index (χ1v) is 3.45. The van der Waals surface area contributed by atoms with Crippen molar-refractivity contribution in [3.63, 3.8) is 0 Å². The summed E-state index contributed by atoms with van der Waals surface area (Å²) in [4.78, 5) is 15.2. The topological polar surface area (TPSA) is 61.5 Å². The quantitative estimate of drug-likeness (QED) is 0.476. The molecule has 0 aromatic heterocycles. The molecule has 11 heavy (non-hydrogen) atoms. The van der Waals surface area contributed by atoms with Crippen LogP contribution in [-0.4, -0.2) is 17.7 Å². The van der Waals surface area contributed by atoms with Gasteiger partial charge in [-0.3, -0.25) is 4.84 Å². The van der Waals surface area contributed by atoms with Crippen LogP contribution in [0.1, 0.15) is 27.7 Å². The minimum atomic E-state index is -0.700. The lowest BCUT2D eigenvalue weighted by Gasteiger charge is -2.21. The Morgan fingerprint density at radius 2 is 1.91 bits per heavy atom. The average Bonchev–Trinajstić information content (AvgIpc) is 1.82. The first kappa shape index (κ1) is 10.4. The Bertz CT molecular complexity index is 139. The van der Waals surface area contributed by atoms with E-state index in [1.165, 1.54) is 6.92 Å². The predicted molar refractivity (Wildman–Crippen MR) is 40.6 cm³/mol. The fourth-order valence-electron chi connectivity index (χ4n) is 0.440. The lowest BCUT2D eigenvalue weighted by atomic mass is 10.2. The third-order valence-corrected chi connectivity index (χ3v) is 0.943. The Morgan fingerprint density at radius 1 is 1.45 bits per heavy atom. The maximum Gasteiger partial charge on any atom is 0.337 e. The second kappa shape index (κ2) is 3.69. The Hall–Kier alpha value is -0.610. The van der Waals surface area contributed by atoms with Crippen molar-refractivity contribution < 1.29 is 14.4 Å². The second-order valence-corrected chi connectivity index (χ2v) is 3.31. The van der Waals surface area contributed by atoms with Gasteiger partial charge in [0, 0.05) is 0 Å². The molecule has 0 aromatic carbocycles. The molecule has 0 spiro atoms. The maximum atomic E-state index is 11.0. The first-order valence-electron chi connectivity index (χ1n) is 3.45. The molecule has 0 radical (unpaired) electrons. The van der Waals surface area contributed by atoms with Crippen molar-refractivity contribution in [3.8, 4) is 0 Å². The van der Waals surface area contributed by atoms with Gasteiger partial charge in [0.2, 0.25) is 0 Å². The Labute approximate surface area is 66.6 Å². The summed E-state index contributed by atoms with van der Waals surface area (Å²) in [5.74, 6) is 4.35. The summed E-state index contributed by atoms with van der Waals surface area (Å²) in [6, 6.07) is 0. The summed E-state index contributed by atoms with van der Waals surface area (Å²) in [5.41, 5.74) is -0.482. The van der Waals surface area contributed by atoms with E-state index in [0.29, 0.717) is 0 Å². The van der Waals surface area contributed by atoms with Crippen LogP contribution in [0.15, 0.2) is 0 Å². The molecule has 0 rings (SSSR count). The summed E-state index contributed by atoms with van der Waals surface area (Å²) < 4.78 is 4.95. The first-order chi connectivity index (χ1) is 4.87. The van der Waals surface area contributed by atoms with Crippen LogP contribution in [0.25, 0.3) is 0 Å². The SMILES string of the molecule is CC(ON)C(=O)OC(C)(C)C. The predicted octanol–water partition coefficient (Wildman–Crippen LogP) is 0.607. The summed E-state index contributed by atoms with van der Waals surface area (Å²) in [6.45, 7) is 6.89. The van der Waals surface area contributed by atoms with Crippen LogP contribution in [-0.2, 0) is 14.4 Å². The van der Waals surface area contributed by atoms with Gasteiger partial charge in [0.05, 0.1) is 0 Å². The Morgan fingerprint density at radius 3 is 2.18 bits per heavy atom. The van der Waals surface area contributed by atoms with Crippen molar-refractivity contribution in [2.75, 3.05) is 0 Å². The molecule has 1 atom stereocenters. The molecule has 0 amide bonds. The van der Waals surface area contributed by atoms with Gasteiger partial charge in [-0.1, -0.05) is 0 Å². The van der Waals surface area contributed by atoms with E-state index in [2.05, 4.69) is 4.84 Å². The molecule has 0 heterocycles. The van der Waals surface area contributed by atoms with E-state index in [-0.39, 0.29) is 0 Å². The molecule has 0 aromatic rings. The molecule has 4 heteroatoms. The molecule has 66 valence electrons. The third kappa shape index (κ3) is 4.75. The average molecular weight is 161 g/mol. The van der Waals surface area contributed by atoms with Crippen molar-refractivity contribution in [2.24, 2.45) is 5.90 Å². The van der Waals surface area contributed by atoms with Crippen LogP contribution in [0.5, 0.6) is 0 Å². The standard InChI is InChI=1S/C7H15NO3/c1-5(11-8)6(9)10-7(2,3)4/h5H,8H2,1-4H3. The molecule has 0 aliphatic heterocycles. The normalized spacial score (nSPS) is 14.3. The second-order valence-electron chi connectivity index (χ2n) is 3.31. The number of carbonyl (C=O) groups is 1. The number of ether oxygens (including phenoxy) is 1. The monoisotopic (exact) mass is 161 g/mol. The molecule has 0 fully saturated rings. The number of rotatable bonds is 2. The van der Waals surface area contributed by atoms with Gasteiger partial charge in [0.15, 0.2) is 6.10 Å². The largest absolute Gasteiger partial charge is 0.458 e. The molecule has 0 saturated carbocycles. The van der Waals surface area contributed by atoms with E-state index in [1.807, 2.05) is 0 Å². The number of hydrogen-bond acceptors (Lipinski definition) is 4. The highest BCUT2D eigenvalue weighted by Gasteiger charge is 2.21. The lowest BCUT2D eigenvalue weighted by Crippen LogP contribution is -2.33. The molecular formula is C7H15NO3. The van der Waals surface area contributed by atoms with E-state index in [9.17, 15) is 4.79 Å². The van der Waals surface area contributed by atoms with Crippen LogP contribution in [0.4, 0.5) is 0 Å². The molecule has 0 aliphatic carbocycles. The smallest absolute Gasteiger partial charge is 0.337 e. The number of carbonyl (C=O) groups excluding carboxylic acids is 1. The van der Waals surface area contributed by atoms with Gasteiger partial charge in [-0.25, -0.2) is 10.7 Å². The molecule has 4 nitrogen and oxygen atoms in total. The van der Waals surface area contributed by atoms with Gasteiger partial charge >= 0.3 is 5.97 Å². The van der Waals surface area contributed by atoms with Gasteiger partial charge < -0.3 is 4.74 Å². The zero-order valence-corrected chi connectivity index (χ0v) is 7.38. The summed E-state index contributed by atoms with van der Waals surface area (Å²) in [6.07, 6.45) is -0.700.